The molecule has 0 aliphatic heterocycles. The first-order chi connectivity index (χ1) is 16.3. The van der Waals surface area contributed by atoms with E-state index in [9.17, 15) is 18.0 Å². The van der Waals surface area contributed by atoms with Gasteiger partial charge in [0, 0.05) is 23.5 Å². The minimum absolute atomic E-state index is 0.102. The van der Waals surface area contributed by atoms with E-state index in [-0.39, 0.29) is 22.2 Å². The fourth-order valence-electron chi connectivity index (χ4n) is 3.75. The Balaban J connectivity index is 1.57. The van der Waals surface area contributed by atoms with E-state index in [1.807, 2.05) is 6.92 Å². The molecule has 1 fully saturated rings. The number of ketones is 2. The monoisotopic (exact) mass is 475 g/mol. The molecule has 1 aliphatic rings. The molecule has 7 heteroatoms. The van der Waals surface area contributed by atoms with Gasteiger partial charge >= 0.3 is 0 Å². The largest absolute Gasteiger partial charge is 0.497 e. The van der Waals surface area contributed by atoms with Gasteiger partial charge in [-0.3, -0.25) is 14.3 Å². The minimum atomic E-state index is -3.91. The normalized spacial score (nSPS) is 17.6. The standard InChI is InChI=1S/C27H25NO5S/c1-18-11-13-22(14-12-18)34(31,32)28-25(19-7-4-3-5-8-19)17-26(29)23-16-24(23)27(30)20-9-6-10-21(15-20)33-2/h3-15,17,23-24,28H,16H2,1-2H3/b25-17-/t23-,24-/m1/s1. The van der Waals surface area contributed by atoms with Crippen LogP contribution in [0.3, 0.4) is 0 Å². The molecule has 3 aromatic carbocycles. The summed E-state index contributed by atoms with van der Waals surface area (Å²) in [5.41, 5.74) is 2.16. The van der Waals surface area contributed by atoms with Crippen LogP contribution in [0.4, 0.5) is 0 Å². The van der Waals surface area contributed by atoms with E-state index in [0.29, 0.717) is 23.3 Å². The van der Waals surface area contributed by atoms with Crippen LogP contribution in [0, 0.1) is 18.8 Å². The maximum atomic E-state index is 13.0. The Bertz CT molecular complexity index is 1350. The van der Waals surface area contributed by atoms with Crippen molar-refractivity contribution in [2.75, 3.05) is 7.11 Å². The van der Waals surface area contributed by atoms with Gasteiger partial charge in [-0.05, 0) is 43.2 Å². The van der Waals surface area contributed by atoms with Crippen molar-refractivity contribution in [1.82, 2.24) is 4.72 Å². The average molecular weight is 476 g/mol. The average Bonchev–Trinajstić information content (AvgIpc) is 3.65. The number of aryl methyl sites for hydroxylation is 1. The van der Waals surface area contributed by atoms with Crippen molar-refractivity contribution in [3.05, 3.63) is 102 Å². The lowest BCUT2D eigenvalue weighted by molar-refractivity contribution is -0.115. The predicted octanol–water partition coefficient (Wildman–Crippen LogP) is 4.41. The van der Waals surface area contributed by atoms with E-state index in [1.165, 1.54) is 25.3 Å². The highest BCUT2D eigenvalue weighted by molar-refractivity contribution is 7.89. The molecule has 0 heterocycles. The van der Waals surface area contributed by atoms with Gasteiger partial charge in [-0.1, -0.05) is 60.2 Å². The lowest BCUT2D eigenvalue weighted by atomic mass is 10.0. The zero-order chi connectivity index (χ0) is 24.3. The van der Waals surface area contributed by atoms with Gasteiger partial charge in [-0.2, -0.15) is 0 Å². The lowest BCUT2D eigenvalue weighted by Gasteiger charge is -2.12. The van der Waals surface area contributed by atoms with Crippen LogP contribution >= 0.6 is 0 Å². The second kappa shape index (κ2) is 9.65. The molecule has 0 bridgehead atoms. The Morgan fingerprint density at radius 1 is 0.912 bits per heavy atom. The van der Waals surface area contributed by atoms with Crippen LogP contribution < -0.4 is 9.46 Å². The highest BCUT2D eigenvalue weighted by Gasteiger charge is 2.47. The molecule has 1 saturated carbocycles. The van der Waals surface area contributed by atoms with E-state index in [0.717, 1.165) is 5.56 Å². The number of nitrogens with one attached hydrogen (secondary N) is 1. The van der Waals surface area contributed by atoms with Crippen LogP contribution in [0.2, 0.25) is 0 Å². The quantitative estimate of drug-likeness (QED) is 0.366. The SMILES string of the molecule is COc1cccc(C(=O)[C@@H]2C[C@H]2C(=O)/C=C(\NS(=O)(=O)c2ccc(C)cc2)c2ccccc2)c1. The van der Waals surface area contributed by atoms with Gasteiger partial charge in [0.1, 0.15) is 5.75 Å². The molecule has 0 radical (unpaired) electrons. The van der Waals surface area contributed by atoms with Gasteiger partial charge in [-0.25, -0.2) is 8.42 Å². The topological polar surface area (TPSA) is 89.5 Å². The zero-order valence-electron chi connectivity index (χ0n) is 18.9. The van der Waals surface area contributed by atoms with E-state index >= 15 is 0 Å². The molecule has 0 aromatic heterocycles. The fourth-order valence-corrected chi connectivity index (χ4v) is 4.83. The van der Waals surface area contributed by atoms with Gasteiger partial charge in [0.25, 0.3) is 10.0 Å². The van der Waals surface area contributed by atoms with Crippen LogP contribution in [-0.2, 0) is 14.8 Å². The van der Waals surface area contributed by atoms with Gasteiger partial charge < -0.3 is 4.74 Å². The number of allylic oxidation sites excluding steroid dienone is 1. The van der Waals surface area contributed by atoms with Crippen LogP contribution in [-0.4, -0.2) is 27.1 Å². The number of carbonyl (C=O) groups is 2. The Morgan fingerprint density at radius 2 is 1.59 bits per heavy atom. The predicted molar refractivity (Wildman–Crippen MR) is 130 cm³/mol. The van der Waals surface area contributed by atoms with Crippen LogP contribution in [0.1, 0.15) is 27.9 Å². The number of carbonyl (C=O) groups excluding carboxylic acids is 2. The Morgan fingerprint density at radius 3 is 2.26 bits per heavy atom. The highest BCUT2D eigenvalue weighted by atomic mass is 32.2. The number of Topliss-reactive ketones (excluding diaryl/α,β-unsaturated/α-hetero) is 1. The van der Waals surface area contributed by atoms with Gasteiger partial charge in [0.05, 0.1) is 17.7 Å². The second-order valence-electron chi connectivity index (χ2n) is 8.29. The van der Waals surface area contributed by atoms with Crippen LogP contribution in [0.5, 0.6) is 5.75 Å². The van der Waals surface area contributed by atoms with E-state index in [4.69, 9.17) is 4.74 Å². The number of rotatable bonds is 9. The Kier molecular flexibility index (Phi) is 6.65. The summed E-state index contributed by atoms with van der Waals surface area (Å²) in [7, 11) is -2.38. The third-order valence-corrected chi connectivity index (χ3v) is 7.18. The van der Waals surface area contributed by atoms with Crippen molar-refractivity contribution in [2.24, 2.45) is 11.8 Å². The molecular formula is C27H25NO5S. The van der Waals surface area contributed by atoms with Crippen molar-refractivity contribution in [2.45, 2.75) is 18.2 Å². The molecule has 0 amide bonds. The summed E-state index contributed by atoms with van der Waals surface area (Å²) in [4.78, 5) is 26.0. The van der Waals surface area contributed by atoms with E-state index in [1.54, 1.807) is 66.7 Å². The molecule has 1 N–H and O–H groups in total. The molecule has 174 valence electrons. The Hall–Kier alpha value is -3.71. The first-order valence-electron chi connectivity index (χ1n) is 10.9. The molecule has 4 rings (SSSR count). The second-order valence-corrected chi connectivity index (χ2v) is 9.97. The minimum Gasteiger partial charge on any atom is -0.497 e. The summed E-state index contributed by atoms with van der Waals surface area (Å²) in [5.74, 6) is -0.743. The third-order valence-electron chi connectivity index (χ3n) is 5.79. The number of ether oxygens (including phenoxy) is 1. The van der Waals surface area contributed by atoms with Crippen molar-refractivity contribution in [3.8, 4) is 5.75 Å². The molecule has 1 aliphatic carbocycles. The number of hydrogen-bond donors (Lipinski definition) is 1. The molecule has 34 heavy (non-hydrogen) atoms. The number of methoxy groups -OCH3 is 1. The van der Waals surface area contributed by atoms with E-state index in [2.05, 4.69) is 4.72 Å². The third kappa shape index (κ3) is 5.26. The maximum absolute atomic E-state index is 13.0. The molecule has 6 nitrogen and oxygen atoms in total. The van der Waals surface area contributed by atoms with Crippen molar-refractivity contribution in [1.29, 1.82) is 0 Å². The highest BCUT2D eigenvalue weighted by Crippen LogP contribution is 2.42. The summed E-state index contributed by atoms with van der Waals surface area (Å²) >= 11 is 0. The molecule has 0 spiro atoms. The van der Waals surface area contributed by atoms with E-state index < -0.39 is 21.9 Å². The van der Waals surface area contributed by atoms with Crippen molar-refractivity contribution in [3.63, 3.8) is 0 Å². The van der Waals surface area contributed by atoms with Gasteiger partial charge in [-0.15, -0.1) is 0 Å². The number of sulfonamides is 1. The van der Waals surface area contributed by atoms with Crippen LogP contribution in [0.25, 0.3) is 5.70 Å². The summed E-state index contributed by atoms with van der Waals surface area (Å²) in [5, 5.41) is 0. The number of hydrogen-bond acceptors (Lipinski definition) is 5. The first-order valence-corrected chi connectivity index (χ1v) is 12.4. The smallest absolute Gasteiger partial charge is 0.261 e. The fraction of sp³-hybridized carbons (Fsp3) is 0.185. The Labute approximate surface area is 199 Å². The summed E-state index contributed by atoms with van der Waals surface area (Å²) in [6.07, 6.45) is 1.72. The summed E-state index contributed by atoms with van der Waals surface area (Å²) in [6.45, 7) is 1.87. The van der Waals surface area contributed by atoms with Crippen molar-refractivity contribution >= 4 is 27.3 Å². The van der Waals surface area contributed by atoms with Crippen LogP contribution in [0.15, 0.2) is 89.8 Å². The molecule has 2 atom stereocenters. The maximum Gasteiger partial charge on any atom is 0.261 e. The first kappa shape index (κ1) is 23.4. The number of benzene rings is 3. The lowest BCUT2D eigenvalue weighted by Crippen LogP contribution is -2.23. The molecule has 3 aromatic rings. The summed E-state index contributed by atoms with van der Waals surface area (Å²) < 4.78 is 33.7. The molecule has 0 saturated heterocycles. The molecule has 0 unspecified atom stereocenters. The van der Waals surface area contributed by atoms with Gasteiger partial charge in [0.2, 0.25) is 0 Å². The van der Waals surface area contributed by atoms with Gasteiger partial charge in [0.15, 0.2) is 11.6 Å². The summed E-state index contributed by atoms with van der Waals surface area (Å²) in [6, 6.07) is 22.1. The van der Waals surface area contributed by atoms with Crippen molar-refractivity contribution < 1.29 is 22.7 Å². The molecular weight excluding hydrogens is 450 g/mol. The zero-order valence-corrected chi connectivity index (χ0v) is 19.7.